The number of benzene rings is 1. The first kappa shape index (κ1) is 12.3. The minimum Gasteiger partial charge on any atom is -0.378 e. The lowest BCUT2D eigenvalue weighted by atomic mass is 10.1. The van der Waals surface area contributed by atoms with Gasteiger partial charge >= 0.3 is 0 Å². The Bertz CT molecular complexity index is 576. The molecule has 0 saturated heterocycles. The third-order valence-corrected chi connectivity index (χ3v) is 3.11. The maximum atomic E-state index is 9.16. The summed E-state index contributed by atoms with van der Waals surface area (Å²) in [6.45, 7) is 5.78. The number of nitriles is 1. The first-order valence-electron chi connectivity index (χ1n) is 6.14. The van der Waals surface area contributed by atoms with E-state index in [2.05, 4.69) is 35.1 Å². The second-order valence-corrected chi connectivity index (χ2v) is 4.25. The fourth-order valence-corrected chi connectivity index (χ4v) is 2.07. The van der Waals surface area contributed by atoms with E-state index < -0.39 is 0 Å². The zero-order chi connectivity index (χ0) is 13.0. The van der Waals surface area contributed by atoms with Crippen LogP contribution in [0, 0.1) is 18.3 Å². The van der Waals surface area contributed by atoms with Gasteiger partial charge in [0.2, 0.25) is 0 Å². The maximum Gasteiger partial charge on any atom is 0.102 e. The van der Waals surface area contributed by atoms with Crippen molar-refractivity contribution in [3.05, 3.63) is 53.3 Å². The predicted molar refractivity (Wildman–Crippen MR) is 73.3 cm³/mol. The van der Waals surface area contributed by atoms with Crippen molar-refractivity contribution in [3.8, 4) is 6.07 Å². The van der Waals surface area contributed by atoms with Crippen LogP contribution in [0.1, 0.15) is 23.7 Å². The summed E-state index contributed by atoms with van der Waals surface area (Å²) in [7, 11) is 0. The highest BCUT2D eigenvalue weighted by molar-refractivity contribution is 5.60. The number of hydrogen-bond donors (Lipinski definition) is 1. The number of nitrogens with zero attached hydrogens (tertiary/aromatic N) is 2. The van der Waals surface area contributed by atoms with Crippen molar-refractivity contribution in [1.29, 1.82) is 5.26 Å². The minimum absolute atomic E-state index is 0.729. The molecule has 18 heavy (non-hydrogen) atoms. The Hall–Kier alpha value is -2.21. The third kappa shape index (κ3) is 2.38. The van der Waals surface area contributed by atoms with Crippen molar-refractivity contribution >= 4 is 5.69 Å². The van der Waals surface area contributed by atoms with Crippen molar-refractivity contribution in [2.75, 3.05) is 5.32 Å². The van der Waals surface area contributed by atoms with Crippen LogP contribution in [0.15, 0.2) is 36.5 Å². The summed E-state index contributed by atoms with van der Waals surface area (Å²) in [6, 6.07) is 12.3. The van der Waals surface area contributed by atoms with Crippen LogP contribution in [-0.4, -0.2) is 4.57 Å². The second-order valence-electron chi connectivity index (χ2n) is 4.25. The molecule has 0 spiro atoms. The van der Waals surface area contributed by atoms with Gasteiger partial charge in [0.05, 0.1) is 17.8 Å². The van der Waals surface area contributed by atoms with Gasteiger partial charge in [0.1, 0.15) is 6.07 Å². The smallest absolute Gasteiger partial charge is 0.102 e. The molecule has 1 aromatic carbocycles. The lowest BCUT2D eigenvalue weighted by molar-refractivity contribution is 0.724. The summed E-state index contributed by atoms with van der Waals surface area (Å²) in [5.74, 6) is 0. The summed E-state index contributed by atoms with van der Waals surface area (Å²) >= 11 is 0. The Morgan fingerprint density at radius 1 is 1.28 bits per heavy atom. The molecule has 0 fully saturated rings. The zero-order valence-electron chi connectivity index (χ0n) is 10.8. The average molecular weight is 239 g/mol. The van der Waals surface area contributed by atoms with Crippen molar-refractivity contribution in [2.45, 2.75) is 26.9 Å². The van der Waals surface area contributed by atoms with E-state index in [9.17, 15) is 0 Å². The quantitative estimate of drug-likeness (QED) is 0.889. The van der Waals surface area contributed by atoms with Crippen LogP contribution >= 0.6 is 0 Å². The molecule has 0 bridgehead atoms. The molecule has 1 aromatic heterocycles. The Morgan fingerprint density at radius 2 is 2.11 bits per heavy atom. The van der Waals surface area contributed by atoms with Crippen molar-refractivity contribution in [1.82, 2.24) is 4.57 Å². The fourth-order valence-electron chi connectivity index (χ4n) is 2.07. The predicted octanol–water partition coefficient (Wildman–Crippen LogP) is 3.30. The van der Waals surface area contributed by atoms with Crippen LogP contribution in [0.2, 0.25) is 0 Å². The molecule has 0 aliphatic rings. The Balaban J connectivity index is 2.16. The van der Waals surface area contributed by atoms with Gasteiger partial charge in [0, 0.05) is 18.4 Å². The molecule has 3 heteroatoms. The molecule has 2 aromatic rings. The molecule has 1 N–H and O–H groups in total. The van der Waals surface area contributed by atoms with E-state index in [0.717, 1.165) is 29.9 Å². The van der Waals surface area contributed by atoms with E-state index in [0.29, 0.717) is 0 Å². The number of aryl methyl sites for hydroxylation is 2. The summed E-state index contributed by atoms with van der Waals surface area (Å²) < 4.78 is 2.19. The standard InChI is InChI=1S/C15H17N3/c1-3-18-9-5-7-13(18)11-17-15-8-4-6-12(2)14(15)10-16/h4-9,17H,3,11H2,1-2H3. The van der Waals surface area contributed by atoms with Gasteiger partial charge in [-0.25, -0.2) is 0 Å². The summed E-state index contributed by atoms with van der Waals surface area (Å²) in [5.41, 5.74) is 3.87. The SMILES string of the molecule is CCn1cccc1CNc1cccc(C)c1C#N. The largest absolute Gasteiger partial charge is 0.378 e. The number of hydrogen-bond acceptors (Lipinski definition) is 2. The van der Waals surface area contributed by atoms with Gasteiger partial charge in [-0.05, 0) is 37.6 Å². The fraction of sp³-hybridized carbons (Fsp3) is 0.267. The van der Waals surface area contributed by atoms with Gasteiger partial charge in [0.25, 0.3) is 0 Å². The monoisotopic (exact) mass is 239 g/mol. The van der Waals surface area contributed by atoms with Crippen LogP contribution in [0.3, 0.4) is 0 Å². The molecule has 0 saturated carbocycles. The topological polar surface area (TPSA) is 40.8 Å². The van der Waals surface area contributed by atoms with Gasteiger partial charge in [-0.1, -0.05) is 12.1 Å². The molecule has 0 radical (unpaired) electrons. The van der Waals surface area contributed by atoms with Crippen LogP contribution in [0.25, 0.3) is 0 Å². The van der Waals surface area contributed by atoms with Crippen molar-refractivity contribution < 1.29 is 0 Å². The molecule has 0 amide bonds. The molecule has 0 atom stereocenters. The third-order valence-electron chi connectivity index (χ3n) is 3.11. The molecule has 3 nitrogen and oxygen atoms in total. The van der Waals surface area contributed by atoms with E-state index in [-0.39, 0.29) is 0 Å². The van der Waals surface area contributed by atoms with Crippen LogP contribution < -0.4 is 5.32 Å². The van der Waals surface area contributed by atoms with Gasteiger partial charge < -0.3 is 9.88 Å². The highest BCUT2D eigenvalue weighted by atomic mass is 15.0. The maximum absolute atomic E-state index is 9.16. The van der Waals surface area contributed by atoms with Gasteiger partial charge in [-0.3, -0.25) is 0 Å². The highest BCUT2D eigenvalue weighted by Gasteiger charge is 2.05. The van der Waals surface area contributed by atoms with E-state index >= 15 is 0 Å². The molecule has 0 unspecified atom stereocenters. The number of nitrogens with one attached hydrogen (secondary N) is 1. The molecule has 1 heterocycles. The van der Waals surface area contributed by atoms with Gasteiger partial charge in [-0.2, -0.15) is 5.26 Å². The second kappa shape index (κ2) is 5.42. The Kier molecular flexibility index (Phi) is 3.69. The number of rotatable bonds is 4. The number of aromatic nitrogens is 1. The first-order valence-corrected chi connectivity index (χ1v) is 6.14. The highest BCUT2D eigenvalue weighted by Crippen LogP contribution is 2.19. The molecule has 2 rings (SSSR count). The molecular formula is C15H17N3. The van der Waals surface area contributed by atoms with Crippen molar-refractivity contribution in [2.24, 2.45) is 0 Å². The lowest BCUT2D eigenvalue weighted by Gasteiger charge is -2.11. The van der Waals surface area contributed by atoms with Crippen LogP contribution in [0.5, 0.6) is 0 Å². The lowest BCUT2D eigenvalue weighted by Crippen LogP contribution is -2.07. The minimum atomic E-state index is 0.729. The molecule has 92 valence electrons. The summed E-state index contributed by atoms with van der Waals surface area (Å²) in [4.78, 5) is 0. The zero-order valence-corrected chi connectivity index (χ0v) is 10.8. The normalized spacial score (nSPS) is 10.1. The first-order chi connectivity index (χ1) is 8.76. The Morgan fingerprint density at radius 3 is 2.83 bits per heavy atom. The molecular weight excluding hydrogens is 222 g/mol. The molecule has 0 aliphatic heterocycles. The Labute approximate surface area is 108 Å². The van der Waals surface area contributed by atoms with E-state index in [4.69, 9.17) is 5.26 Å². The van der Waals surface area contributed by atoms with Crippen molar-refractivity contribution in [3.63, 3.8) is 0 Å². The van der Waals surface area contributed by atoms with Crippen LogP contribution in [-0.2, 0) is 13.1 Å². The van der Waals surface area contributed by atoms with E-state index in [1.54, 1.807) is 0 Å². The average Bonchev–Trinajstić information content (AvgIpc) is 2.83. The summed E-state index contributed by atoms with van der Waals surface area (Å²) in [5, 5.41) is 12.5. The van der Waals surface area contributed by atoms with Gasteiger partial charge in [0.15, 0.2) is 0 Å². The van der Waals surface area contributed by atoms with E-state index in [1.807, 2.05) is 31.2 Å². The van der Waals surface area contributed by atoms with Gasteiger partial charge in [-0.15, -0.1) is 0 Å². The summed E-state index contributed by atoms with van der Waals surface area (Å²) in [6.07, 6.45) is 2.07. The number of anilines is 1. The van der Waals surface area contributed by atoms with E-state index in [1.165, 1.54) is 5.69 Å². The molecule has 0 aliphatic carbocycles. The van der Waals surface area contributed by atoms with Crippen LogP contribution in [0.4, 0.5) is 5.69 Å².